The van der Waals surface area contributed by atoms with Gasteiger partial charge in [-0.15, -0.1) is 0 Å². The number of hydrogen-bond acceptors (Lipinski definition) is 4. The van der Waals surface area contributed by atoms with Crippen LogP contribution in [0, 0.1) is 5.92 Å². The fraction of sp³-hybridized carbons (Fsp3) is 0.261. The first-order valence-electron chi connectivity index (χ1n) is 9.55. The fourth-order valence-electron chi connectivity index (χ4n) is 3.95. The first-order valence-corrected chi connectivity index (χ1v) is 9.55. The Kier molecular flexibility index (Phi) is 5.16. The number of benzene rings is 1. The van der Waals surface area contributed by atoms with Crippen molar-refractivity contribution in [1.82, 2.24) is 5.32 Å². The molecule has 1 aromatic carbocycles. The molecule has 6 heteroatoms. The van der Waals surface area contributed by atoms with E-state index in [0.717, 1.165) is 36.1 Å². The van der Waals surface area contributed by atoms with E-state index in [2.05, 4.69) is 10.3 Å². The van der Waals surface area contributed by atoms with Gasteiger partial charge in [0.2, 0.25) is 0 Å². The summed E-state index contributed by atoms with van der Waals surface area (Å²) in [6.07, 6.45) is 11.5. The van der Waals surface area contributed by atoms with Crippen LogP contribution in [-0.2, 0) is 9.59 Å². The smallest absolute Gasteiger partial charge is 0.270 e. The topological polar surface area (TPSA) is 77.0 Å². The van der Waals surface area contributed by atoms with Crippen molar-refractivity contribution in [3.05, 3.63) is 64.9 Å². The molecule has 0 fully saturated rings. The number of carbonyl (C=O) groups excluding carboxylic acids is 2. The first kappa shape index (κ1) is 18.9. The highest BCUT2D eigenvalue weighted by Crippen LogP contribution is 2.39. The van der Waals surface area contributed by atoms with Gasteiger partial charge in [0.25, 0.3) is 11.8 Å². The Labute approximate surface area is 169 Å². The monoisotopic (exact) mass is 390 g/mol. The summed E-state index contributed by atoms with van der Waals surface area (Å²) in [5.41, 5.74) is 4.25. The largest absolute Gasteiger partial charge is 0.493 e. The molecular weight excluding hydrogens is 368 g/mol. The molecule has 0 bridgehead atoms. The number of methoxy groups -OCH3 is 2. The maximum atomic E-state index is 12.3. The first-order chi connectivity index (χ1) is 14.1. The molecule has 1 unspecified atom stereocenters. The second-order valence-corrected chi connectivity index (χ2v) is 7.07. The van der Waals surface area contributed by atoms with Crippen LogP contribution in [-0.4, -0.2) is 31.7 Å². The third kappa shape index (κ3) is 3.78. The van der Waals surface area contributed by atoms with Gasteiger partial charge in [-0.1, -0.05) is 12.1 Å². The van der Waals surface area contributed by atoms with E-state index in [9.17, 15) is 9.59 Å². The predicted molar refractivity (Wildman–Crippen MR) is 111 cm³/mol. The van der Waals surface area contributed by atoms with Crippen molar-refractivity contribution in [3.63, 3.8) is 0 Å². The molecule has 2 aliphatic carbocycles. The lowest BCUT2D eigenvalue weighted by atomic mass is 9.85. The van der Waals surface area contributed by atoms with E-state index in [1.807, 2.05) is 18.2 Å². The summed E-state index contributed by atoms with van der Waals surface area (Å²) in [5.74, 6) is 0.918. The zero-order chi connectivity index (χ0) is 20.4. The van der Waals surface area contributed by atoms with Gasteiger partial charge in [-0.25, -0.2) is 4.99 Å². The zero-order valence-electron chi connectivity index (χ0n) is 16.4. The molecule has 1 N–H and O–H groups in total. The average Bonchev–Trinajstić information content (AvgIpc) is 3.22. The van der Waals surface area contributed by atoms with Gasteiger partial charge in [0.1, 0.15) is 0 Å². The molecule has 6 nitrogen and oxygen atoms in total. The number of nitrogens with zero attached hydrogens (tertiary/aromatic N) is 1. The maximum absolute atomic E-state index is 12.3. The molecule has 1 atom stereocenters. The Morgan fingerprint density at radius 3 is 2.83 bits per heavy atom. The number of fused-ring (bicyclic) bond motifs is 2. The van der Waals surface area contributed by atoms with E-state index in [1.165, 1.54) is 11.6 Å². The lowest BCUT2D eigenvalue weighted by Crippen LogP contribution is -2.35. The lowest BCUT2D eigenvalue weighted by molar-refractivity contribution is -0.117. The van der Waals surface area contributed by atoms with Gasteiger partial charge in [-0.05, 0) is 60.8 Å². The van der Waals surface area contributed by atoms with Crippen molar-refractivity contribution >= 4 is 23.6 Å². The Bertz CT molecular complexity index is 1030. The highest BCUT2D eigenvalue weighted by molar-refractivity contribution is 6.13. The van der Waals surface area contributed by atoms with E-state index in [4.69, 9.17) is 9.47 Å². The molecule has 0 spiro atoms. The highest BCUT2D eigenvalue weighted by Gasteiger charge is 2.34. The second kappa shape index (κ2) is 7.91. The van der Waals surface area contributed by atoms with Crippen molar-refractivity contribution in [2.75, 3.05) is 14.2 Å². The van der Waals surface area contributed by atoms with Gasteiger partial charge in [-0.2, -0.15) is 0 Å². The summed E-state index contributed by atoms with van der Waals surface area (Å²) >= 11 is 0. The Balaban J connectivity index is 1.49. The standard InChI is InChI=1S/C23H22N2O4/c1-28-20-10-6-14(12-21(20)29-2)7-11-22(26)24-15-8-9-17-16-4-3-5-18(16)23(27)25-19(17)13-15/h6-13,17H,3-5H2,1-2H3,(H,25,27)/b11-7-,24-15?. The minimum Gasteiger partial charge on any atom is -0.493 e. The molecule has 148 valence electrons. The van der Waals surface area contributed by atoms with Crippen LogP contribution in [0.25, 0.3) is 6.08 Å². The van der Waals surface area contributed by atoms with E-state index in [0.29, 0.717) is 17.2 Å². The van der Waals surface area contributed by atoms with Crippen LogP contribution in [0.5, 0.6) is 11.5 Å². The zero-order valence-corrected chi connectivity index (χ0v) is 16.4. The highest BCUT2D eigenvalue weighted by atomic mass is 16.5. The van der Waals surface area contributed by atoms with E-state index in [1.54, 1.807) is 38.5 Å². The number of nitrogens with one attached hydrogen (secondary N) is 1. The molecule has 1 aliphatic heterocycles. The molecule has 0 aromatic heterocycles. The minimum atomic E-state index is -0.377. The van der Waals surface area contributed by atoms with Crippen LogP contribution >= 0.6 is 0 Å². The fourth-order valence-corrected chi connectivity index (χ4v) is 3.95. The molecule has 0 radical (unpaired) electrons. The third-order valence-corrected chi connectivity index (χ3v) is 5.33. The number of hydrogen-bond donors (Lipinski definition) is 1. The molecule has 0 saturated carbocycles. The van der Waals surface area contributed by atoms with Crippen molar-refractivity contribution in [2.24, 2.45) is 10.9 Å². The van der Waals surface area contributed by atoms with E-state index < -0.39 is 0 Å². The van der Waals surface area contributed by atoms with Gasteiger partial charge < -0.3 is 14.8 Å². The summed E-state index contributed by atoms with van der Waals surface area (Å²) in [4.78, 5) is 28.7. The predicted octanol–water partition coefficient (Wildman–Crippen LogP) is 3.36. The molecule has 2 amide bonds. The lowest BCUT2D eigenvalue weighted by Gasteiger charge is -2.28. The van der Waals surface area contributed by atoms with Gasteiger partial charge >= 0.3 is 0 Å². The molecule has 4 rings (SSSR count). The van der Waals surface area contributed by atoms with Crippen LogP contribution in [0.15, 0.2) is 64.3 Å². The summed E-state index contributed by atoms with van der Waals surface area (Å²) in [6, 6.07) is 5.39. The third-order valence-electron chi connectivity index (χ3n) is 5.33. The molecule has 1 aromatic rings. The maximum Gasteiger partial charge on any atom is 0.270 e. The van der Waals surface area contributed by atoms with Crippen LogP contribution < -0.4 is 14.8 Å². The summed E-state index contributed by atoms with van der Waals surface area (Å²) in [6.45, 7) is 0. The number of carbonyl (C=O) groups is 2. The molecular formula is C23H22N2O4. The number of rotatable bonds is 4. The van der Waals surface area contributed by atoms with Crippen molar-refractivity contribution in [2.45, 2.75) is 19.3 Å². The summed E-state index contributed by atoms with van der Waals surface area (Å²) < 4.78 is 10.5. The summed E-state index contributed by atoms with van der Waals surface area (Å²) in [5, 5.41) is 2.95. The average molecular weight is 390 g/mol. The van der Waals surface area contributed by atoms with Gasteiger partial charge in [-0.3, -0.25) is 9.59 Å². The second-order valence-electron chi connectivity index (χ2n) is 7.07. The number of aliphatic imine (C=N–C) groups is 1. The molecule has 1 heterocycles. The Morgan fingerprint density at radius 2 is 2.03 bits per heavy atom. The number of allylic oxidation sites excluding steroid dienone is 3. The van der Waals surface area contributed by atoms with Crippen LogP contribution in [0.3, 0.4) is 0 Å². The van der Waals surface area contributed by atoms with Gasteiger partial charge in [0.05, 0.1) is 19.9 Å². The normalized spacial score (nSPS) is 21.7. The van der Waals surface area contributed by atoms with Gasteiger partial charge in [0, 0.05) is 23.3 Å². The van der Waals surface area contributed by atoms with Crippen LogP contribution in [0.1, 0.15) is 24.8 Å². The quantitative estimate of drug-likeness (QED) is 0.800. The number of amides is 2. The minimum absolute atomic E-state index is 0.0191. The SMILES string of the molecule is COc1ccc(/C=C\C(=O)N=C2C=CC3C(=C2)NC(=O)C2=C3CCC2)cc1OC. The Morgan fingerprint density at radius 1 is 1.21 bits per heavy atom. The van der Waals surface area contributed by atoms with E-state index in [-0.39, 0.29) is 17.7 Å². The number of ether oxygens (including phenoxy) is 2. The van der Waals surface area contributed by atoms with Crippen molar-refractivity contribution < 1.29 is 19.1 Å². The molecule has 29 heavy (non-hydrogen) atoms. The Hall–Kier alpha value is -3.41. The van der Waals surface area contributed by atoms with Crippen molar-refractivity contribution in [1.29, 1.82) is 0 Å². The molecule has 0 saturated heterocycles. The summed E-state index contributed by atoms with van der Waals surface area (Å²) in [7, 11) is 3.13. The van der Waals surface area contributed by atoms with Crippen LogP contribution in [0.4, 0.5) is 0 Å². The van der Waals surface area contributed by atoms with Gasteiger partial charge in [0.15, 0.2) is 11.5 Å². The molecule has 3 aliphatic rings. The van der Waals surface area contributed by atoms with E-state index >= 15 is 0 Å². The van der Waals surface area contributed by atoms with Crippen LogP contribution in [0.2, 0.25) is 0 Å². The van der Waals surface area contributed by atoms with Crippen molar-refractivity contribution in [3.8, 4) is 11.5 Å².